The average Bonchev–Trinajstić information content (AvgIpc) is 2.30. The van der Waals surface area contributed by atoms with Crippen molar-refractivity contribution in [1.29, 1.82) is 0 Å². The van der Waals surface area contributed by atoms with Crippen LogP contribution in [0, 0.1) is 10.1 Å². The fraction of sp³-hybridized carbons (Fsp3) is 0.167. The fourth-order valence-electron chi connectivity index (χ4n) is 1.71. The van der Waals surface area contributed by atoms with Crippen molar-refractivity contribution in [1.82, 2.24) is 5.32 Å². The molecule has 1 aliphatic rings. The quantitative estimate of drug-likeness (QED) is 0.604. The van der Waals surface area contributed by atoms with Crippen molar-refractivity contribution in [2.45, 2.75) is 12.6 Å². The van der Waals surface area contributed by atoms with Gasteiger partial charge in [0, 0.05) is 18.2 Å². The molecule has 2 rings (SSSR count). The predicted molar refractivity (Wildman–Crippen MR) is 64.4 cm³/mol. The number of hydrogen-bond donors (Lipinski definition) is 2. The van der Waals surface area contributed by atoms with Crippen molar-refractivity contribution < 1.29 is 4.92 Å². The van der Waals surface area contributed by atoms with Crippen molar-refractivity contribution >= 4 is 0 Å². The Morgan fingerprint density at radius 3 is 2.59 bits per heavy atom. The van der Waals surface area contributed by atoms with E-state index in [1.54, 1.807) is 6.08 Å². The molecule has 0 radical (unpaired) electrons. The van der Waals surface area contributed by atoms with Crippen LogP contribution >= 0.6 is 0 Å². The molecule has 88 valence electrons. The maximum Gasteiger partial charge on any atom is 0.282 e. The molecule has 0 saturated carbocycles. The van der Waals surface area contributed by atoms with Gasteiger partial charge in [-0.1, -0.05) is 30.3 Å². The number of rotatable bonds is 3. The third kappa shape index (κ3) is 2.70. The van der Waals surface area contributed by atoms with E-state index in [0.717, 1.165) is 11.3 Å². The Morgan fingerprint density at radius 2 is 2.00 bits per heavy atom. The molecule has 0 aliphatic carbocycles. The van der Waals surface area contributed by atoms with Gasteiger partial charge in [-0.15, -0.1) is 0 Å². The first kappa shape index (κ1) is 11.3. The molecule has 1 unspecified atom stereocenters. The molecule has 17 heavy (non-hydrogen) atoms. The van der Waals surface area contributed by atoms with E-state index in [2.05, 4.69) is 5.32 Å². The smallest absolute Gasteiger partial charge is 0.282 e. The van der Waals surface area contributed by atoms with Crippen LogP contribution in [0.2, 0.25) is 0 Å². The molecule has 1 atom stereocenters. The fourth-order valence-corrected chi connectivity index (χ4v) is 1.71. The summed E-state index contributed by atoms with van der Waals surface area (Å²) in [5.74, 6) is 0. The van der Waals surface area contributed by atoms with Crippen molar-refractivity contribution in [2.24, 2.45) is 5.73 Å². The van der Waals surface area contributed by atoms with Crippen LogP contribution < -0.4 is 11.1 Å². The minimum atomic E-state index is -0.742. The summed E-state index contributed by atoms with van der Waals surface area (Å²) in [5.41, 5.74) is 7.67. The van der Waals surface area contributed by atoms with E-state index in [4.69, 9.17) is 5.73 Å². The number of dihydropyridines is 1. The molecule has 0 amide bonds. The van der Waals surface area contributed by atoms with E-state index >= 15 is 0 Å². The number of hydrogen-bond acceptors (Lipinski definition) is 4. The van der Waals surface area contributed by atoms with E-state index in [-0.39, 0.29) is 5.70 Å². The Hall–Kier alpha value is -2.14. The molecule has 0 fully saturated rings. The minimum Gasteiger partial charge on any atom is -0.364 e. The lowest BCUT2D eigenvalue weighted by molar-refractivity contribution is -0.430. The highest BCUT2D eigenvalue weighted by Gasteiger charge is 2.23. The lowest BCUT2D eigenvalue weighted by Crippen LogP contribution is -2.42. The molecule has 0 saturated heterocycles. The summed E-state index contributed by atoms with van der Waals surface area (Å²) in [5, 5.41) is 13.5. The van der Waals surface area contributed by atoms with Gasteiger partial charge >= 0.3 is 0 Å². The summed E-state index contributed by atoms with van der Waals surface area (Å²) in [7, 11) is 0. The summed E-state index contributed by atoms with van der Waals surface area (Å²) in [4.78, 5) is 10.2. The molecular weight excluding hydrogens is 218 g/mol. The SMILES string of the molecule is NC1NC(Cc2ccccc2)=CC=C1[N+](=O)[O-]. The van der Waals surface area contributed by atoms with Gasteiger partial charge in [0.1, 0.15) is 0 Å². The maximum absolute atomic E-state index is 10.6. The first-order valence-electron chi connectivity index (χ1n) is 5.28. The molecule has 0 aromatic heterocycles. The average molecular weight is 231 g/mol. The summed E-state index contributed by atoms with van der Waals surface area (Å²) < 4.78 is 0. The van der Waals surface area contributed by atoms with Crippen molar-refractivity contribution in [3.05, 3.63) is 69.6 Å². The van der Waals surface area contributed by atoms with Crippen LogP contribution in [0.5, 0.6) is 0 Å². The molecule has 5 heteroatoms. The number of nitrogens with one attached hydrogen (secondary N) is 1. The van der Waals surface area contributed by atoms with E-state index in [0.29, 0.717) is 6.42 Å². The Kier molecular flexibility index (Phi) is 3.20. The van der Waals surface area contributed by atoms with E-state index in [1.807, 2.05) is 30.3 Å². The largest absolute Gasteiger partial charge is 0.364 e. The van der Waals surface area contributed by atoms with Crippen molar-refractivity contribution in [3.63, 3.8) is 0 Å². The Morgan fingerprint density at radius 1 is 1.29 bits per heavy atom. The van der Waals surface area contributed by atoms with Gasteiger partial charge in [0.05, 0.1) is 4.92 Å². The first-order chi connectivity index (χ1) is 8.16. The van der Waals surface area contributed by atoms with Crippen molar-refractivity contribution in [3.8, 4) is 0 Å². The van der Waals surface area contributed by atoms with Crippen LogP contribution in [0.3, 0.4) is 0 Å². The second-order valence-electron chi connectivity index (χ2n) is 3.82. The van der Waals surface area contributed by atoms with Crippen LogP contribution in [0.25, 0.3) is 0 Å². The van der Waals surface area contributed by atoms with E-state index in [9.17, 15) is 10.1 Å². The summed E-state index contributed by atoms with van der Waals surface area (Å²) in [6, 6.07) is 9.86. The van der Waals surface area contributed by atoms with Crippen molar-refractivity contribution in [2.75, 3.05) is 0 Å². The molecule has 0 bridgehead atoms. The summed E-state index contributed by atoms with van der Waals surface area (Å²) >= 11 is 0. The van der Waals surface area contributed by atoms with Crippen LogP contribution in [0.1, 0.15) is 5.56 Å². The lowest BCUT2D eigenvalue weighted by atomic mass is 10.1. The highest BCUT2D eigenvalue weighted by atomic mass is 16.6. The van der Waals surface area contributed by atoms with Gasteiger partial charge in [0.2, 0.25) is 0 Å². The molecule has 5 nitrogen and oxygen atoms in total. The standard InChI is InChI=1S/C12H13N3O2/c13-12-11(15(16)17)7-6-10(14-12)8-9-4-2-1-3-5-9/h1-7,12,14H,8,13H2. The Labute approximate surface area is 98.8 Å². The number of nitrogens with zero attached hydrogens (tertiary/aromatic N) is 1. The zero-order valence-corrected chi connectivity index (χ0v) is 9.17. The van der Waals surface area contributed by atoms with Gasteiger partial charge in [0.25, 0.3) is 5.70 Å². The number of benzene rings is 1. The summed E-state index contributed by atoms with van der Waals surface area (Å²) in [6.45, 7) is 0. The van der Waals surface area contributed by atoms with Gasteiger partial charge < -0.3 is 11.1 Å². The molecule has 1 aromatic rings. The maximum atomic E-state index is 10.6. The number of nitro groups is 1. The van der Waals surface area contributed by atoms with E-state index < -0.39 is 11.1 Å². The van der Waals surface area contributed by atoms with Crippen LogP contribution in [-0.2, 0) is 6.42 Å². The zero-order valence-electron chi connectivity index (χ0n) is 9.17. The zero-order chi connectivity index (χ0) is 12.3. The van der Waals surface area contributed by atoms with Gasteiger partial charge in [-0.05, 0) is 11.6 Å². The summed E-state index contributed by atoms with van der Waals surface area (Å²) in [6.07, 6.45) is 3.11. The third-order valence-electron chi connectivity index (χ3n) is 2.56. The highest BCUT2D eigenvalue weighted by Crippen LogP contribution is 2.12. The topological polar surface area (TPSA) is 81.2 Å². The van der Waals surface area contributed by atoms with Crippen LogP contribution in [-0.4, -0.2) is 11.1 Å². The highest BCUT2D eigenvalue weighted by molar-refractivity contribution is 5.28. The van der Waals surface area contributed by atoms with Gasteiger partial charge in [-0.2, -0.15) is 0 Å². The molecule has 3 N–H and O–H groups in total. The Bertz CT molecular complexity index is 480. The lowest BCUT2D eigenvalue weighted by Gasteiger charge is -2.19. The molecular formula is C12H13N3O2. The second-order valence-corrected chi connectivity index (χ2v) is 3.82. The molecule has 1 heterocycles. The molecule has 1 aliphatic heterocycles. The first-order valence-corrected chi connectivity index (χ1v) is 5.28. The Balaban J connectivity index is 2.12. The third-order valence-corrected chi connectivity index (χ3v) is 2.56. The van der Waals surface area contributed by atoms with Crippen LogP contribution in [0.4, 0.5) is 0 Å². The second kappa shape index (κ2) is 4.80. The van der Waals surface area contributed by atoms with Gasteiger partial charge in [-0.3, -0.25) is 10.1 Å². The molecule has 0 spiro atoms. The van der Waals surface area contributed by atoms with Crippen LogP contribution in [0.15, 0.2) is 53.9 Å². The number of allylic oxidation sites excluding steroid dienone is 3. The van der Waals surface area contributed by atoms with Gasteiger partial charge in [0.15, 0.2) is 6.17 Å². The number of nitrogens with two attached hydrogens (primary N) is 1. The van der Waals surface area contributed by atoms with Gasteiger partial charge in [-0.25, -0.2) is 0 Å². The normalized spacial score (nSPS) is 19.0. The monoisotopic (exact) mass is 231 g/mol. The van der Waals surface area contributed by atoms with E-state index in [1.165, 1.54) is 6.08 Å². The predicted octanol–water partition coefficient (Wildman–Crippen LogP) is 1.16. The molecule has 1 aromatic carbocycles. The minimum absolute atomic E-state index is 0.0122.